The van der Waals surface area contributed by atoms with Crippen LogP contribution in [0.4, 0.5) is 8.78 Å². The van der Waals surface area contributed by atoms with Crippen LogP contribution in [0, 0.1) is 15.2 Å². The smallest absolute Gasteiger partial charge is 0.139 e. The first-order chi connectivity index (χ1) is 5.84. The van der Waals surface area contributed by atoms with E-state index in [1.807, 2.05) is 19.6 Å². The third-order valence-electron chi connectivity index (χ3n) is 1.84. The third-order valence-corrected chi connectivity index (χ3v) is 4.83. The topological polar surface area (TPSA) is 0 Å². The molecule has 0 bridgehead atoms. The summed E-state index contributed by atoms with van der Waals surface area (Å²) in [4.78, 5) is 0. The Labute approximate surface area is 91.5 Å². The molecule has 0 atom stereocenters. The van der Waals surface area contributed by atoms with Gasteiger partial charge in [0.2, 0.25) is 0 Å². The highest BCUT2D eigenvalue weighted by molar-refractivity contribution is 14.1. The van der Waals surface area contributed by atoms with Crippen molar-refractivity contribution in [3.63, 3.8) is 0 Å². The van der Waals surface area contributed by atoms with E-state index in [-0.39, 0.29) is 9.39 Å². The van der Waals surface area contributed by atoms with Crippen molar-refractivity contribution in [2.45, 2.75) is 19.6 Å². The fraction of sp³-hybridized carbons (Fsp3) is 0.333. The molecule has 0 aliphatic rings. The van der Waals surface area contributed by atoms with Gasteiger partial charge in [-0.15, -0.1) is 0 Å². The molecule has 0 saturated heterocycles. The average Bonchev–Trinajstić information content (AvgIpc) is 1.98. The number of hydrogen-bond donors (Lipinski definition) is 0. The molecular formula is C9H11F2ISi. The second-order valence-corrected chi connectivity index (χ2v) is 10.1. The summed E-state index contributed by atoms with van der Waals surface area (Å²) >= 11 is 1.71. The van der Waals surface area contributed by atoms with Crippen LogP contribution < -0.4 is 5.19 Å². The molecular weight excluding hydrogens is 301 g/mol. The van der Waals surface area contributed by atoms with E-state index in [9.17, 15) is 8.78 Å². The monoisotopic (exact) mass is 312 g/mol. The number of rotatable bonds is 1. The SMILES string of the molecule is C[Si](C)(C)c1ccc(F)c(I)c1F. The van der Waals surface area contributed by atoms with Crippen LogP contribution in [-0.4, -0.2) is 8.07 Å². The Bertz CT molecular complexity index is 331. The van der Waals surface area contributed by atoms with E-state index in [1.54, 1.807) is 28.7 Å². The molecule has 0 fully saturated rings. The predicted molar refractivity (Wildman–Crippen MR) is 62.1 cm³/mol. The van der Waals surface area contributed by atoms with Crippen LogP contribution in [0.5, 0.6) is 0 Å². The summed E-state index contributed by atoms with van der Waals surface area (Å²) in [5.41, 5.74) is 0. The van der Waals surface area contributed by atoms with Crippen LogP contribution in [0.15, 0.2) is 12.1 Å². The molecule has 1 aromatic carbocycles. The lowest BCUT2D eigenvalue weighted by Crippen LogP contribution is -2.40. The fourth-order valence-electron chi connectivity index (χ4n) is 1.11. The van der Waals surface area contributed by atoms with Gasteiger partial charge in [-0.2, -0.15) is 0 Å². The molecule has 0 nitrogen and oxygen atoms in total. The summed E-state index contributed by atoms with van der Waals surface area (Å²) in [5.74, 6) is -0.847. The van der Waals surface area contributed by atoms with Crippen LogP contribution in [0.2, 0.25) is 19.6 Å². The second kappa shape index (κ2) is 3.65. The van der Waals surface area contributed by atoms with Gasteiger partial charge in [0, 0.05) is 0 Å². The molecule has 4 heteroatoms. The summed E-state index contributed by atoms with van der Waals surface area (Å²) in [7, 11) is -1.68. The summed E-state index contributed by atoms with van der Waals surface area (Å²) in [6.45, 7) is 6.12. The minimum atomic E-state index is -1.68. The van der Waals surface area contributed by atoms with E-state index >= 15 is 0 Å². The van der Waals surface area contributed by atoms with Crippen LogP contribution in [0.3, 0.4) is 0 Å². The Morgan fingerprint density at radius 3 is 2.15 bits per heavy atom. The summed E-state index contributed by atoms with van der Waals surface area (Å²) < 4.78 is 26.6. The largest absolute Gasteiger partial charge is 0.206 e. The first kappa shape index (κ1) is 11.1. The zero-order valence-electron chi connectivity index (χ0n) is 7.79. The number of halogens is 3. The van der Waals surface area contributed by atoms with Crippen molar-refractivity contribution < 1.29 is 8.78 Å². The van der Waals surface area contributed by atoms with Crippen molar-refractivity contribution in [3.8, 4) is 0 Å². The molecule has 0 aliphatic heterocycles. The molecule has 0 aromatic heterocycles. The van der Waals surface area contributed by atoms with Gasteiger partial charge in [0.05, 0.1) is 11.6 Å². The van der Waals surface area contributed by atoms with Crippen LogP contribution in [0.1, 0.15) is 0 Å². The zero-order valence-corrected chi connectivity index (χ0v) is 10.9. The van der Waals surface area contributed by atoms with Gasteiger partial charge in [-0.05, 0) is 33.8 Å². The maximum atomic E-state index is 13.5. The van der Waals surface area contributed by atoms with Crippen LogP contribution >= 0.6 is 22.6 Å². The standard InChI is InChI=1S/C9H11F2ISi/c1-13(2,3)7-5-4-6(10)9(12)8(7)11/h4-5H,1-3H3. The molecule has 0 unspecified atom stereocenters. The molecule has 0 heterocycles. The Morgan fingerprint density at radius 1 is 1.15 bits per heavy atom. The second-order valence-electron chi connectivity index (χ2n) is 3.97. The molecule has 0 radical (unpaired) electrons. The third kappa shape index (κ3) is 2.28. The van der Waals surface area contributed by atoms with Gasteiger partial charge in [0.15, 0.2) is 0 Å². The minimum Gasteiger partial charge on any atom is -0.206 e. The predicted octanol–water partition coefficient (Wildman–Crippen LogP) is 3.11. The fourth-order valence-corrected chi connectivity index (χ4v) is 3.20. The quantitative estimate of drug-likeness (QED) is 0.425. The zero-order chi connectivity index (χ0) is 10.2. The number of benzene rings is 1. The van der Waals surface area contributed by atoms with Crippen molar-refractivity contribution in [1.29, 1.82) is 0 Å². The highest BCUT2D eigenvalue weighted by Crippen LogP contribution is 2.16. The molecule has 0 amide bonds. The lowest BCUT2D eigenvalue weighted by Gasteiger charge is -2.18. The highest BCUT2D eigenvalue weighted by Gasteiger charge is 2.23. The van der Waals surface area contributed by atoms with Crippen molar-refractivity contribution in [2.75, 3.05) is 0 Å². The van der Waals surface area contributed by atoms with Crippen LogP contribution in [-0.2, 0) is 0 Å². The summed E-state index contributed by atoms with van der Waals surface area (Å²) in [6.07, 6.45) is 0. The lowest BCUT2D eigenvalue weighted by molar-refractivity contribution is 0.575. The van der Waals surface area contributed by atoms with Gasteiger partial charge < -0.3 is 0 Å². The van der Waals surface area contributed by atoms with Gasteiger partial charge in [-0.3, -0.25) is 0 Å². The maximum Gasteiger partial charge on any atom is 0.139 e. The molecule has 72 valence electrons. The van der Waals surface area contributed by atoms with Gasteiger partial charge in [-0.25, -0.2) is 8.78 Å². The highest BCUT2D eigenvalue weighted by atomic mass is 127. The van der Waals surface area contributed by atoms with Crippen LogP contribution in [0.25, 0.3) is 0 Å². The van der Waals surface area contributed by atoms with Crippen molar-refractivity contribution in [3.05, 3.63) is 27.3 Å². The number of hydrogen-bond acceptors (Lipinski definition) is 0. The van der Waals surface area contributed by atoms with Crippen molar-refractivity contribution in [1.82, 2.24) is 0 Å². The molecule has 1 rings (SSSR count). The molecule has 0 aliphatic carbocycles. The van der Waals surface area contributed by atoms with E-state index in [0.29, 0.717) is 5.19 Å². The van der Waals surface area contributed by atoms with Gasteiger partial charge in [0.25, 0.3) is 0 Å². The van der Waals surface area contributed by atoms with E-state index in [1.165, 1.54) is 6.07 Å². The first-order valence-electron chi connectivity index (χ1n) is 3.98. The molecule has 0 saturated carbocycles. The molecule has 13 heavy (non-hydrogen) atoms. The lowest BCUT2D eigenvalue weighted by atomic mass is 10.3. The van der Waals surface area contributed by atoms with Gasteiger partial charge in [-0.1, -0.05) is 25.7 Å². The normalized spacial score (nSPS) is 11.8. The van der Waals surface area contributed by atoms with Gasteiger partial charge in [0.1, 0.15) is 11.6 Å². The molecule has 0 N–H and O–H groups in total. The van der Waals surface area contributed by atoms with E-state index in [0.717, 1.165) is 0 Å². The van der Waals surface area contributed by atoms with E-state index in [2.05, 4.69) is 0 Å². The average molecular weight is 312 g/mol. The maximum absolute atomic E-state index is 13.5. The molecule has 1 aromatic rings. The Kier molecular flexibility index (Phi) is 3.11. The molecule has 0 spiro atoms. The van der Waals surface area contributed by atoms with Crippen molar-refractivity contribution >= 4 is 35.9 Å². The Morgan fingerprint density at radius 2 is 1.69 bits per heavy atom. The van der Waals surface area contributed by atoms with E-state index < -0.39 is 13.9 Å². The first-order valence-corrected chi connectivity index (χ1v) is 8.56. The minimum absolute atomic E-state index is 0.109. The summed E-state index contributed by atoms with van der Waals surface area (Å²) in [5, 5.41) is 0.693. The Hall–Kier alpha value is 0.0269. The Balaban J connectivity index is 3.35. The van der Waals surface area contributed by atoms with Gasteiger partial charge >= 0.3 is 0 Å². The van der Waals surface area contributed by atoms with Crippen molar-refractivity contribution in [2.24, 2.45) is 0 Å². The summed E-state index contributed by atoms with van der Waals surface area (Å²) in [6, 6.07) is 2.91. The van der Waals surface area contributed by atoms with E-state index in [4.69, 9.17) is 0 Å².